The van der Waals surface area contributed by atoms with E-state index in [-0.39, 0.29) is 0 Å². The summed E-state index contributed by atoms with van der Waals surface area (Å²) in [5.41, 5.74) is 9.62. The summed E-state index contributed by atoms with van der Waals surface area (Å²) in [6.45, 7) is 6.29. The maximum Gasteiger partial charge on any atom is 0.164 e. The maximum absolute atomic E-state index is 9.38. The Morgan fingerprint density at radius 3 is 1.50 bits per heavy atom. The van der Waals surface area contributed by atoms with Gasteiger partial charge in [0.15, 0.2) is 23.3 Å². The van der Waals surface area contributed by atoms with Crippen LogP contribution in [0.1, 0.15) is 35.6 Å². The normalized spacial score (nSPS) is 11.5. The molecule has 7 rings (SSSR count). The average molecular weight is 671 g/mol. The number of aliphatic imine (C=N–C) groups is 2. The van der Waals surface area contributed by atoms with Crippen LogP contribution in [-0.2, 0) is 0 Å². The SMILES string of the molecule is C=C(N=C(N=C(CC)c1ccc(-c2ccc(-c3nc(-c4ccccc4)nc(-c4ccccc4)n3)cc2)cc1)c1ccccc1)c1cccc(C#N)c1. The van der Waals surface area contributed by atoms with Gasteiger partial charge in [-0.3, -0.25) is 0 Å². The van der Waals surface area contributed by atoms with Crippen LogP contribution < -0.4 is 0 Å². The molecule has 6 aromatic carbocycles. The molecule has 7 aromatic rings. The fraction of sp³-hybridized carbons (Fsp3) is 0.0435. The van der Waals surface area contributed by atoms with Gasteiger partial charge < -0.3 is 0 Å². The summed E-state index contributed by atoms with van der Waals surface area (Å²) >= 11 is 0. The predicted octanol–water partition coefficient (Wildman–Crippen LogP) is 10.7. The maximum atomic E-state index is 9.38. The summed E-state index contributed by atoms with van der Waals surface area (Å²) in [5.74, 6) is 2.45. The molecule has 0 spiro atoms. The molecule has 6 nitrogen and oxygen atoms in total. The molecule has 1 aromatic heterocycles. The highest BCUT2D eigenvalue weighted by molar-refractivity contribution is 6.13. The van der Waals surface area contributed by atoms with E-state index in [1.807, 2.05) is 103 Å². The Morgan fingerprint density at radius 1 is 0.519 bits per heavy atom. The Balaban J connectivity index is 1.17. The van der Waals surface area contributed by atoms with Crippen molar-refractivity contribution in [3.63, 3.8) is 0 Å². The minimum atomic E-state index is 0.540. The number of nitriles is 1. The molecular weight excluding hydrogens is 637 g/mol. The Hall–Kier alpha value is -7.10. The van der Waals surface area contributed by atoms with Crippen molar-refractivity contribution in [1.29, 1.82) is 5.26 Å². The zero-order valence-electron chi connectivity index (χ0n) is 28.7. The van der Waals surface area contributed by atoms with Crippen LogP contribution in [0.3, 0.4) is 0 Å². The van der Waals surface area contributed by atoms with Crippen molar-refractivity contribution in [2.24, 2.45) is 9.98 Å². The lowest BCUT2D eigenvalue weighted by Crippen LogP contribution is -2.06. The average Bonchev–Trinajstić information content (AvgIpc) is 3.23. The second kappa shape index (κ2) is 15.6. The first-order valence-corrected chi connectivity index (χ1v) is 17.1. The second-order valence-electron chi connectivity index (χ2n) is 12.0. The fourth-order valence-corrected chi connectivity index (χ4v) is 5.78. The van der Waals surface area contributed by atoms with Gasteiger partial charge in [-0.05, 0) is 35.2 Å². The Labute approximate surface area is 303 Å². The van der Waals surface area contributed by atoms with E-state index in [4.69, 9.17) is 24.9 Å². The van der Waals surface area contributed by atoms with Crippen LogP contribution in [0.4, 0.5) is 0 Å². The van der Waals surface area contributed by atoms with Gasteiger partial charge in [-0.1, -0.05) is 165 Å². The van der Waals surface area contributed by atoms with E-state index in [0.29, 0.717) is 41.0 Å². The molecule has 0 N–H and O–H groups in total. The van der Waals surface area contributed by atoms with Crippen LogP contribution in [0.25, 0.3) is 51.0 Å². The van der Waals surface area contributed by atoms with Crippen molar-refractivity contribution in [2.75, 3.05) is 0 Å². The monoisotopic (exact) mass is 670 g/mol. The molecule has 248 valence electrons. The van der Waals surface area contributed by atoms with Gasteiger partial charge in [-0.15, -0.1) is 0 Å². The van der Waals surface area contributed by atoms with Gasteiger partial charge in [0.2, 0.25) is 0 Å². The summed E-state index contributed by atoms with van der Waals surface area (Å²) in [4.78, 5) is 24.5. The lowest BCUT2D eigenvalue weighted by Gasteiger charge is -2.10. The first-order valence-electron chi connectivity index (χ1n) is 17.1. The molecular formula is C46H34N6. The Morgan fingerprint density at radius 2 is 0.981 bits per heavy atom. The molecule has 6 heteroatoms. The molecule has 52 heavy (non-hydrogen) atoms. The summed E-state index contributed by atoms with van der Waals surface area (Å²) in [6.07, 6.45) is 0.707. The first kappa shape index (κ1) is 33.4. The van der Waals surface area contributed by atoms with Crippen LogP contribution in [0.2, 0.25) is 0 Å². The molecule has 0 bridgehead atoms. The number of hydrogen-bond acceptors (Lipinski definition) is 5. The van der Waals surface area contributed by atoms with Gasteiger partial charge in [0.25, 0.3) is 0 Å². The van der Waals surface area contributed by atoms with E-state index in [1.165, 1.54) is 0 Å². The highest BCUT2D eigenvalue weighted by Gasteiger charge is 2.13. The highest BCUT2D eigenvalue weighted by Crippen LogP contribution is 2.28. The number of amidine groups is 1. The smallest absolute Gasteiger partial charge is 0.164 e. The molecule has 0 aliphatic carbocycles. The number of hydrogen-bond donors (Lipinski definition) is 0. The van der Waals surface area contributed by atoms with E-state index >= 15 is 0 Å². The standard InChI is InChI=1S/C46H34N6/c1-3-42(49-43(37-15-7-4-8-16-37)48-32(2)41-21-13-14-33(30-41)31-47)36-26-22-34(23-27-36)35-24-28-40(29-25-35)46-51-44(38-17-9-5-10-18-38)50-45(52-46)39-19-11-6-12-20-39/h4-30H,2-3H2,1H3. The quantitative estimate of drug-likeness (QED) is 0.113. The van der Waals surface area contributed by atoms with Crippen LogP contribution >= 0.6 is 0 Å². The van der Waals surface area contributed by atoms with Crippen molar-refractivity contribution in [1.82, 2.24) is 15.0 Å². The first-order chi connectivity index (χ1) is 25.6. The Kier molecular flexibility index (Phi) is 10.0. The number of benzene rings is 6. The number of aromatic nitrogens is 3. The van der Waals surface area contributed by atoms with Crippen LogP contribution in [0.5, 0.6) is 0 Å². The zero-order valence-corrected chi connectivity index (χ0v) is 28.7. The van der Waals surface area contributed by atoms with E-state index in [9.17, 15) is 5.26 Å². The topological polar surface area (TPSA) is 87.2 Å². The molecule has 0 radical (unpaired) electrons. The van der Waals surface area contributed by atoms with Crippen LogP contribution in [-0.4, -0.2) is 26.5 Å². The van der Waals surface area contributed by atoms with Crippen molar-refractivity contribution < 1.29 is 0 Å². The van der Waals surface area contributed by atoms with Crippen LogP contribution in [0, 0.1) is 11.3 Å². The molecule has 0 unspecified atom stereocenters. The third kappa shape index (κ3) is 7.70. The highest BCUT2D eigenvalue weighted by atomic mass is 15.0. The number of rotatable bonds is 9. The summed E-state index contributed by atoms with van der Waals surface area (Å²) in [5, 5.41) is 9.38. The van der Waals surface area contributed by atoms with Gasteiger partial charge in [0, 0.05) is 33.5 Å². The number of nitrogens with zero attached hydrogens (tertiary/aromatic N) is 6. The Bertz CT molecular complexity index is 2370. The van der Waals surface area contributed by atoms with Crippen molar-refractivity contribution >= 4 is 17.2 Å². The second-order valence-corrected chi connectivity index (χ2v) is 12.0. The van der Waals surface area contributed by atoms with Crippen molar-refractivity contribution in [3.05, 3.63) is 193 Å². The van der Waals surface area contributed by atoms with Crippen LogP contribution in [0.15, 0.2) is 180 Å². The van der Waals surface area contributed by atoms with E-state index in [1.54, 1.807) is 12.1 Å². The molecule has 0 aliphatic heterocycles. The van der Waals surface area contributed by atoms with Crippen molar-refractivity contribution in [3.8, 4) is 51.4 Å². The summed E-state index contributed by atoms with van der Waals surface area (Å²) < 4.78 is 0. The van der Waals surface area contributed by atoms with Gasteiger partial charge in [-0.25, -0.2) is 24.9 Å². The van der Waals surface area contributed by atoms with Gasteiger partial charge in [0.05, 0.1) is 17.3 Å². The minimum Gasteiger partial charge on any atom is -0.233 e. The largest absolute Gasteiger partial charge is 0.233 e. The van der Waals surface area contributed by atoms with Gasteiger partial charge in [-0.2, -0.15) is 5.26 Å². The fourth-order valence-electron chi connectivity index (χ4n) is 5.78. The third-order valence-electron chi connectivity index (χ3n) is 8.57. The zero-order chi connectivity index (χ0) is 35.7. The van der Waals surface area contributed by atoms with Crippen molar-refractivity contribution in [2.45, 2.75) is 13.3 Å². The molecule has 0 fully saturated rings. The van der Waals surface area contributed by atoms with E-state index in [2.05, 4.69) is 68.1 Å². The van der Waals surface area contributed by atoms with E-state index < -0.39 is 0 Å². The molecule has 0 aliphatic rings. The molecule has 0 atom stereocenters. The summed E-state index contributed by atoms with van der Waals surface area (Å²) in [7, 11) is 0. The lowest BCUT2D eigenvalue weighted by atomic mass is 10.00. The summed E-state index contributed by atoms with van der Waals surface area (Å²) in [6, 6.07) is 56.1. The lowest BCUT2D eigenvalue weighted by molar-refractivity contribution is 1.07. The van der Waals surface area contributed by atoms with Gasteiger partial charge >= 0.3 is 0 Å². The molecule has 1 heterocycles. The molecule has 0 saturated carbocycles. The molecule has 0 amide bonds. The van der Waals surface area contributed by atoms with Gasteiger partial charge in [0.1, 0.15) is 0 Å². The third-order valence-corrected chi connectivity index (χ3v) is 8.57. The predicted molar refractivity (Wildman–Crippen MR) is 212 cm³/mol. The molecule has 0 saturated heterocycles. The minimum absolute atomic E-state index is 0.540. The van der Waals surface area contributed by atoms with E-state index in [0.717, 1.165) is 50.2 Å².